The summed E-state index contributed by atoms with van der Waals surface area (Å²) in [6.07, 6.45) is 0. The molecule has 0 aromatic rings. The third-order valence-electron chi connectivity index (χ3n) is 1.27. The Morgan fingerprint density at radius 3 is 1.38 bits per heavy atom. The molecule has 13 heavy (non-hydrogen) atoms. The maximum absolute atomic E-state index is 9.10. The Bertz CT molecular complexity index is 139. The first-order valence-corrected chi connectivity index (χ1v) is 6.65. The Morgan fingerprint density at radius 2 is 1.15 bits per heavy atom. The Balaban J connectivity index is 4.41. The van der Waals surface area contributed by atoms with Crippen molar-refractivity contribution in [2.75, 3.05) is 28.4 Å². The van der Waals surface area contributed by atoms with E-state index in [1.807, 2.05) is 0 Å². The average Bonchev–Trinajstić information content (AvgIpc) is 2.14. The van der Waals surface area contributed by atoms with Crippen LogP contribution in [0, 0.1) is 0 Å². The van der Waals surface area contributed by atoms with Crippen LogP contribution in [0.3, 0.4) is 0 Å². The summed E-state index contributed by atoms with van der Waals surface area (Å²) in [5.74, 6) is 0. The van der Waals surface area contributed by atoms with Crippen LogP contribution in [0.1, 0.15) is 0 Å². The average molecular weight is 230 g/mol. The van der Waals surface area contributed by atoms with E-state index in [9.17, 15) is 0 Å². The first-order chi connectivity index (χ1) is 5.95. The summed E-state index contributed by atoms with van der Waals surface area (Å²) in [5, 5.41) is 0. The van der Waals surface area contributed by atoms with Crippen LogP contribution in [0.2, 0.25) is 0 Å². The van der Waals surface area contributed by atoms with E-state index in [2.05, 4.69) is 4.43 Å². The van der Waals surface area contributed by atoms with Crippen LogP contribution in [0.15, 0.2) is 0 Å². The van der Waals surface area contributed by atoms with Crippen LogP contribution in [-0.4, -0.2) is 56.1 Å². The minimum absolute atomic E-state index is 1.10. The number of hydrogen-bond acceptors (Lipinski definition) is 7. The highest BCUT2D eigenvalue weighted by atomic mass is 28.5. The van der Waals surface area contributed by atoms with Crippen molar-refractivity contribution in [1.82, 2.24) is 0 Å². The van der Waals surface area contributed by atoms with Gasteiger partial charge in [-0.15, -0.1) is 0 Å². The Kier molecular flexibility index (Phi) is 5.20. The molecule has 0 bridgehead atoms. The lowest BCUT2D eigenvalue weighted by Gasteiger charge is -2.26. The first kappa shape index (κ1) is 13.2. The van der Waals surface area contributed by atoms with Crippen molar-refractivity contribution in [3.63, 3.8) is 0 Å². The molecule has 9 heteroatoms. The van der Waals surface area contributed by atoms with Crippen molar-refractivity contribution >= 4 is 18.1 Å². The smallest absolute Gasteiger partial charge is 0.368 e. The minimum atomic E-state index is -4.19. The molecule has 0 aromatic carbocycles. The van der Waals surface area contributed by atoms with Crippen LogP contribution >= 0.6 is 0 Å². The molecule has 0 saturated carbocycles. The zero-order valence-electron chi connectivity index (χ0n) is 7.94. The molecule has 0 unspecified atom stereocenters. The molecule has 0 aromatic heterocycles. The number of hydrogen-bond donors (Lipinski definition) is 2. The number of rotatable bonds is 6. The zero-order valence-corrected chi connectivity index (χ0v) is 9.94. The van der Waals surface area contributed by atoms with Gasteiger partial charge in [-0.1, -0.05) is 0 Å². The van der Waals surface area contributed by atoms with Gasteiger partial charge in [-0.25, -0.2) is 0 Å². The lowest BCUT2D eigenvalue weighted by molar-refractivity contribution is -0.00798. The Hall–Kier alpha value is 0.154. The molecule has 0 amide bonds. The van der Waals surface area contributed by atoms with Crippen LogP contribution < -0.4 is 0 Å². The van der Waals surface area contributed by atoms with Gasteiger partial charge in [0.25, 0.3) is 0 Å². The van der Waals surface area contributed by atoms with Gasteiger partial charge in [-0.3, -0.25) is 0 Å². The van der Waals surface area contributed by atoms with Gasteiger partial charge >= 0.3 is 18.1 Å². The van der Waals surface area contributed by atoms with E-state index in [1.54, 1.807) is 0 Å². The predicted octanol–water partition coefficient (Wildman–Crippen LogP) is -1.56. The molecule has 0 radical (unpaired) electrons. The standard InChI is InChI=1S/C4H14O7Si2/c1-7-12(5,6)11-13(8-2,9-3)10-4/h5-6H,1-4H3. The largest absolute Gasteiger partial charge is 0.673 e. The van der Waals surface area contributed by atoms with E-state index in [0.717, 1.165) is 7.11 Å². The highest BCUT2D eigenvalue weighted by Crippen LogP contribution is 2.12. The third-order valence-corrected chi connectivity index (χ3v) is 5.37. The lowest BCUT2D eigenvalue weighted by atomic mass is 11.8. The molecule has 7 nitrogen and oxygen atoms in total. The Morgan fingerprint density at radius 1 is 0.769 bits per heavy atom. The Labute approximate surface area is 78.7 Å². The molecule has 0 spiro atoms. The highest BCUT2D eigenvalue weighted by Gasteiger charge is 2.53. The topological polar surface area (TPSA) is 86.6 Å². The normalized spacial score (nSPS) is 13.4. The van der Waals surface area contributed by atoms with E-state index in [1.165, 1.54) is 21.3 Å². The van der Waals surface area contributed by atoms with E-state index >= 15 is 0 Å². The fourth-order valence-electron chi connectivity index (χ4n) is 0.580. The van der Waals surface area contributed by atoms with E-state index < -0.39 is 18.1 Å². The van der Waals surface area contributed by atoms with Gasteiger partial charge in [-0.2, -0.15) is 0 Å². The summed E-state index contributed by atoms with van der Waals surface area (Å²) < 4.78 is 23.4. The molecule has 0 aliphatic carbocycles. The van der Waals surface area contributed by atoms with E-state index in [4.69, 9.17) is 27.0 Å². The summed E-state index contributed by atoms with van der Waals surface area (Å²) >= 11 is 0. The molecule has 0 aliphatic heterocycles. The van der Waals surface area contributed by atoms with Gasteiger partial charge in [0.2, 0.25) is 0 Å². The zero-order chi connectivity index (χ0) is 10.5. The quantitative estimate of drug-likeness (QED) is 0.534. The molecule has 0 fully saturated rings. The van der Waals surface area contributed by atoms with Crippen LogP contribution in [0.5, 0.6) is 0 Å². The summed E-state index contributed by atoms with van der Waals surface area (Å²) in [5.41, 5.74) is 0. The maximum Gasteiger partial charge on any atom is 0.673 e. The second-order valence-electron chi connectivity index (χ2n) is 1.97. The second kappa shape index (κ2) is 5.14. The molecule has 0 rings (SSSR count). The van der Waals surface area contributed by atoms with Crippen LogP contribution in [0.4, 0.5) is 0 Å². The summed E-state index contributed by atoms with van der Waals surface area (Å²) in [7, 11) is -2.69. The van der Waals surface area contributed by atoms with Gasteiger partial charge in [0.15, 0.2) is 0 Å². The minimum Gasteiger partial charge on any atom is -0.368 e. The molecular weight excluding hydrogens is 216 g/mol. The summed E-state index contributed by atoms with van der Waals surface area (Å²) in [4.78, 5) is 18.2. The van der Waals surface area contributed by atoms with Crippen molar-refractivity contribution in [2.24, 2.45) is 0 Å². The molecular formula is C4H14O7Si2. The van der Waals surface area contributed by atoms with Crippen molar-refractivity contribution < 1.29 is 31.4 Å². The second-order valence-corrected chi connectivity index (χ2v) is 6.51. The van der Waals surface area contributed by atoms with Crippen molar-refractivity contribution in [3.05, 3.63) is 0 Å². The van der Waals surface area contributed by atoms with Gasteiger partial charge in [-0.05, 0) is 0 Å². The van der Waals surface area contributed by atoms with E-state index in [-0.39, 0.29) is 0 Å². The van der Waals surface area contributed by atoms with Gasteiger partial charge in [0.05, 0.1) is 0 Å². The van der Waals surface area contributed by atoms with Crippen LogP contribution in [-0.2, 0) is 21.8 Å². The molecule has 2 N–H and O–H groups in total. The van der Waals surface area contributed by atoms with Crippen molar-refractivity contribution in [2.45, 2.75) is 0 Å². The summed E-state index contributed by atoms with van der Waals surface area (Å²) in [6.45, 7) is 0. The molecule has 80 valence electrons. The van der Waals surface area contributed by atoms with E-state index in [0.29, 0.717) is 0 Å². The van der Waals surface area contributed by atoms with Gasteiger partial charge in [0, 0.05) is 28.4 Å². The van der Waals surface area contributed by atoms with Crippen molar-refractivity contribution in [1.29, 1.82) is 0 Å². The predicted molar refractivity (Wildman–Crippen MR) is 45.1 cm³/mol. The van der Waals surface area contributed by atoms with Crippen LogP contribution in [0.25, 0.3) is 0 Å². The highest BCUT2D eigenvalue weighted by molar-refractivity contribution is 6.66. The monoisotopic (exact) mass is 230 g/mol. The fraction of sp³-hybridized carbons (Fsp3) is 1.00. The molecule has 0 aliphatic rings. The lowest BCUT2D eigenvalue weighted by Crippen LogP contribution is -2.57. The third kappa shape index (κ3) is 3.80. The first-order valence-electron chi connectivity index (χ1n) is 3.30. The molecule has 0 atom stereocenters. The molecule has 0 saturated heterocycles. The molecule has 0 heterocycles. The fourth-order valence-corrected chi connectivity index (χ4v) is 3.72. The summed E-state index contributed by atoms with van der Waals surface area (Å²) in [6, 6.07) is 0. The van der Waals surface area contributed by atoms with Crippen molar-refractivity contribution in [3.8, 4) is 0 Å². The maximum atomic E-state index is 9.10. The van der Waals surface area contributed by atoms with Gasteiger partial charge in [0.1, 0.15) is 0 Å². The van der Waals surface area contributed by atoms with Gasteiger partial charge < -0.3 is 31.4 Å². The SMILES string of the molecule is CO[Si](O)(O)O[Si](OC)(OC)OC.